The van der Waals surface area contributed by atoms with Crippen molar-refractivity contribution in [2.24, 2.45) is 0 Å². The van der Waals surface area contributed by atoms with Gasteiger partial charge in [0.1, 0.15) is 8.24 Å². The molecule has 1 heterocycles. The second-order valence-corrected chi connectivity index (χ2v) is 17.7. The molecule has 0 aliphatic carbocycles. The molecule has 0 spiro atoms. The molecule has 0 aromatic rings. The van der Waals surface area contributed by atoms with E-state index in [1.165, 1.54) is 45.1 Å². The fraction of sp³-hybridized carbons (Fsp3) is 1.00. The van der Waals surface area contributed by atoms with Crippen LogP contribution < -0.4 is 5.32 Å². The molecule has 0 unspecified atom stereocenters. The van der Waals surface area contributed by atoms with Crippen molar-refractivity contribution in [2.75, 3.05) is 52.9 Å². The Morgan fingerprint density at radius 2 is 1.68 bits per heavy atom. The Morgan fingerprint density at radius 1 is 1.05 bits per heavy atom. The lowest BCUT2D eigenvalue weighted by atomic mass is 10.3. The summed E-state index contributed by atoms with van der Waals surface area (Å²) in [6.45, 7) is 20.1. The average Bonchev–Trinajstić information content (AvgIpc) is 2.43. The molecule has 0 aromatic carbocycles. The number of nitrogens with zero attached hydrogens (tertiary/aromatic N) is 2. The van der Waals surface area contributed by atoms with E-state index in [1.54, 1.807) is 0 Å². The van der Waals surface area contributed by atoms with Crippen molar-refractivity contribution in [3.63, 3.8) is 0 Å². The lowest BCUT2D eigenvalue weighted by Crippen LogP contribution is -2.44. The highest BCUT2D eigenvalue weighted by Gasteiger charge is 2.24. The van der Waals surface area contributed by atoms with Gasteiger partial charge in [-0.25, -0.2) is 0 Å². The summed E-state index contributed by atoms with van der Waals surface area (Å²) < 4.78 is 8.86. The Morgan fingerprint density at radius 3 is 2.27 bits per heavy atom. The maximum Gasteiger partial charge on any atom is 0.186 e. The van der Waals surface area contributed by atoms with Crippen molar-refractivity contribution >= 4 is 16.6 Å². The number of hydrogen-bond acceptors (Lipinski definition) is 4. The first-order chi connectivity index (χ1) is 10.2. The summed E-state index contributed by atoms with van der Waals surface area (Å²) in [5, 5.41) is 3.40. The van der Waals surface area contributed by atoms with Gasteiger partial charge >= 0.3 is 0 Å². The summed E-state index contributed by atoms with van der Waals surface area (Å²) in [5.74, 6) is 0. The van der Waals surface area contributed by atoms with Crippen LogP contribution in [0.2, 0.25) is 38.8 Å². The molecule has 1 rings (SSSR count). The SMILES string of the molecule is CN(CCC[Si](C)(C)OCCCN1CCNCC1)[Si](C)(C)C. The van der Waals surface area contributed by atoms with Crippen LogP contribution in [0.3, 0.4) is 0 Å². The zero-order chi connectivity index (χ0) is 16.6. The molecule has 0 amide bonds. The van der Waals surface area contributed by atoms with E-state index in [0.29, 0.717) is 0 Å². The van der Waals surface area contributed by atoms with Gasteiger partial charge in [0.25, 0.3) is 0 Å². The predicted octanol–water partition coefficient (Wildman–Crippen LogP) is 2.66. The Balaban J connectivity index is 2.09. The predicted molar refractivity (Wildman–Crippen MR) is 103 cm³/mol. The second kappa shape index (κ2) is 9.54. The lowest BCUT2D eigenvalue weighted by Gasteiger charge is -2.31. The van der Waals surface area contributed by atoms with Crippen molar-refractivity contribution in [3.8, 4) is 0 Å². The van der Waals surface area contributed by atoms with Crippen LogP contribution in [0.1, 0.15) is 12.8 Å². The van der Waals surface area contributed by atoms with Crippen LogP contribution in [0.15, 0.2) is 0 Å². The lowest BCUT2D eigenvalue weighted by molar-refractivity contribution is 0.211. The van der Waals surface area contributed by atoms with Gasteiger partial charge in [-0.3, -0.25) is 0 Å². The van der Waals surface area contributed by atoms with Crippen LogP contribution in [-0.2, 0) is 4.43 Å². The Labute approximate surface area is 140 Å². The summed E-state index contributed by atoms with van der Waals surface area (Å²) in [6, 6.07) is 1.29. The number of nitrogens with one attached hydrogen (secondary N) is 1. The third-order valence-electron chi connectivity index (χ3n) is 4.74. The van der Waals surface area contributed by atoms with Gasteiger partial charge in [-0.15, -0.1) is 0 Å². The largest absolute Gasteiger partial charge is 0.417 e. The summed E-state index contributed by atoms with van der Waals surface area (Å²) in [5.41, 5.74) is 0. The maximum absolute atomic E-state index is 6.28. The minimum Gasteiger partial charge on any atom is -0.417 e. The van der Waals surface area contributed by atoms with E-state index >= 15 is 0 Å². The molecule has 22 heavy (non-hydrogen) atoms. The average molecular weight is 346 g/mol. The molecular weight excluding hydrogens is 306 g/mol. The fourth-order valence-corrected chi connectivity index (χ4v) is 5.40. The Hall–Kier alpha value is 0.274. The van der Waals surface area contributed by atoms with Crippen molar-refractivity contribution in [2.45, 2.75) is 51.6 Å². The molecule has 1 aliphatic rings. The van der Waals surface area contributed by atoms with Gasteiger partial charge in [-0.1, -0.05) is 19.6 Å². The fourth-order valence-electron chi connectivity index (χ4n) is 2.72. The summed E-state index contributed by atoms with van der Waals surface area (Å²) >= 11 is 0. The van der Waals surface area contributed by atoms with Gasteiger partial charge in [0.15, 0.2) is 8.32 Å². The van der Waals surface area contributed by atoms with Crippen molar-refractivity contribution < 1.29 is 4.43 Å². The standard InChI is InChI=1S/C16H39N3OSi2/c1-18(21(2,3)4)11-8-16-22(5,6)20-15-7-12-19-13-9-17-10-14-19/h17H,7-16H2,1-6H3. The molecule has 0 radical (unpaired) electrons. The Kier molecular flexibility index (Phi) is 8.81. The van der Waals surface area contributed by atoms with E-state index in [1.807, 2.05) is 0 Å². The zero-order valence-corrected chi connectivity index (χ0v) is 17.9. The van der Waals surface area contributed by atoms with Crippen LogP contribution in [0, 0.1) is 0 Å². The third-order valence-corrected chi connectivity index (χ3v) is 9.80. The van der Waals surface area contributed by atoms with Crippen LogP contribution >= 0.6 is 0 Å². The molecule has 4 nitrogen and oxygen atoms in total. The van der Waals surface area contributed by atoms with Gasteiger partial charge in [-0.2, -0.15) is 0 Å². The van der Waals surface area contributed by atoms with Crippen molar-refractivity contribution in [1.29, 1.82) is 0 Å². The first-order valence-corrected chi connectivity index (χ1v) is 15.6. The molecule has 1 N–H and O–H groups in total. The van der Waals surface area contributed by atoms with Gasteiger partial charge in [-0.05, 0) is 45.6 Å². The summed E-state index contributed by atoms with van der Waals surface area (Å²) in [4.78, 5) is 2.55. The highest BCUT2D eigenvalue weighted by atomic mass is 28.4. The molecule has 0 atom stereocenters. The van der Waals surface area contributed by atoms with Crippen LogP contribution in [0.25, 0.3) is 0 Å². The van der Waals surface area contributed by atoms with E-state index < -0.39 is 16.6 Å². The van der Waals surface area contributed by atoms with Gasteiger partial charge in [0.2, 0.25) is 0 Å². The number of piperazine rings is 1. The number of rotatable bonds is 10. The van der Waals surface area contributed by atoms with E-state index in [4.69, 9.17) is 4.43 Å². The molecule has 1 aliphatic heterocycles. The van der Waals surface area contributed by atoms with Crippen LogP contribution in [0.5, 0.6) is 0 Å². The quantitative estimate of drug-likeness (QED) is 0.487. The van der Waals surface area contributed by atoms with Crippen molar-refractivity contribution in [1.82, 2.24) is 14.8 Å². The summed E-state index contributed by atoms with van der Waals surface area (Å²) in [7, 11) is -0.281. The molecular formula is C16H39N3OSi2. The first kappa shape index (κ1) is 20.3. The minimum atomic E-state index is -1.46. The smallest absolute Gasteiger partial charge is 0.186 e. The van der Waals surface area contributed by atoms with E-state index in [2.05, 4.69) is 54.6 Å². The molecule has 1 fully saturated rings. The monoisotopic (exact) mass is 345 g/mol. The third kappa shape index (κ3) is 8.79. The maximum atomic E-state index is 6.28. The minimum absolute atomic E-state index is 0.951. The zero-order valence-electron chi connectivity index (χ0n) is 15.9. The molecule has 0 bridgehead atoms. The van der Waals surface area contributed by atoms with E-state index in [-0.39, 0.29) is 0 Å². The van der Waals surface area contributed by atoms with Crippen molar-refractivity contribution in [3.05, 3.63) is 0 Å². The first-order valence-electron chi connectivity index (χ1n) is 8.99. The summed E-state index contributed by atoms with van der Waals surface area (Å²) in [6.07, 6.45) is 2.48. The Bertz CT molecular complexity index is 302. The van der Waals surface area contributed by atoms with Gasteiger partial charge < -0.3 is 19.2 Å². The molecule has 0 saturated carbocycles. The molecule has 1 saturated heterocycles. The molecule has 6 heteroatoms. The normalized spacial score (nSPS) is 18.1. The highest BCUT2D eigenvalue weighted by Crippen LogP contribution is 2.16. The number of hydrogen-bond donors (Lipinski definition) is 1. The van der Waals surface area contributed by atoms with Gasteiger partial charge in [0, 0.05) is 39.3 Å². The molecule has 132 valence electrons. The van der Waals surface area contributed by atoms with E-state index in [0.717, 1.165) is 19.7 Å². The van der Waals surface area contributed by atoms with Crippen LogP contribution in [-0.4, -0.2) is 78.9 Å². The van der Waals surface area contributed by atoms with E-state index in [9.17, 15) is 0 Å². The molecule has 0 aromatic heterocycles. The van der Waals surface area contributed by atoms with Gasteiger partial charge in [0.05, 0.1) is 0 Å². The topological polar surface area (TPSA) is 27.7 Å². The van der Waals surface area contributed by atoms with Crippen LogP contribution in [0.4, 0.5) is 0 Å². The highest BCUT2D eigenvalue weighted by molar-refractivity contribution is 6.73. The second-order valence-electron chi connectivity index (χ2n) is 8.25.